The van der Waals surface area contributed by atoms with E-state index in [2.05, 4.69) is 13.8 Å². The molecule has 1 amide bonds. The van der Waals surface area contributed by atoms with Gasteiger partial charge in [0.05, 0.1) is 0 Å². The van der Waals surface area contributed by atoms with E-state index in [9.17, 15) is 9.59 Å². The third kappa shape index (κ3) is 3.20. The van der Waals surface area contributed by atoms with Gasteiger partial charge in [0.2, 0.25) is 5.91 Å². The molecule has 0 bridgehead atoms. The summed E-state index contributed by atoms with van der Waals surface area (Å²) in [6, 6.07) is 5.05. The first-order valence-corrected chi connectivity index (χ1v) is 4.92. The normalized spacial score (nSPS) is 10.3. The van der Waals surface area contributed by atoms with E-state index in [0.717, 1.165) is 18.3 Å². The fraction of sp³-hybridized carbons (Fsp3) is 0.333. The highest BCUT2D eigenvalue weighted by Crippen LogP contribution is 2.13. The smallest absolute Gasteiger partial charge is 0.248 e. The lowest BCUT2D eigenvalue weighted by Gasteiger charge is -2.07. The molecule has 0 saturated heterocycles. The Bertz CT molecular complexity index is 383. The average Bonchev–Trinajstić information content (AvgIpc) is 2.16. The molecule has 0 heterocycles. The second-order valence-electron chi connectivity index (χ2n) is 4.04. The van der Waals surface area contributed by atoms with E-state index in [1.54, 1.807) is 12.1 Å². The van der Waals surface area contributed by atoms with Crippen LogP contribution in [0.1, 0.15) is 40.1 Å². The van der Waals surface area contributed by atoms with Crippen LogP contribution in [0.5, 0.6) is 0 Å². The zero-order chi connectivity index (χ0) is 11.4. The van der Waals surface area contributed by atoms with Crippen molar-refractivity contribution in [3.63, 3.8) is 0 Å². The molecule has 3 heteroatoms. The Morgan fingerprint density at radius 1 is 1.40 bits per heavy atom. The van der Waals surface area contributed by atoms with Gasteiger partial charge in [-0.2, -0.15) is 0 Å². The van der Waals surface area contributed by atoms with Crippen molar-refractivity contribution in [3.8, 4) is 0 Å². The van der Waals surface area contributed by atoms with Gasteiger partial charge in [-0.15, -0.1) is 0 Å². The third-order valence-electron chi connectivity index (χ3n) is 2.08. The predicted octanol–water partition coefficient (Wildman–Crippen LogP) is 1.80. The average molecular weight is 205 g/mol. The standard InChI is InChI=1S/C12H15NO2/c1-8(2)3-9-4-10(7-14)6-11(5-9)12(13)15/h4-8H,3H2,1-2H3,(H2,13,15). The monoisotopic (exact) mass is 205 g/mol. The second-order valence-corrected chi connectivity index (χ2v) is 4.04. The van der Waals surface area contributed by atoms with Gasteiger partial charge >= 0.3 is 0 Å². The summed E-state index contributed by atoms with van der Waals surface area (Å²) in [4.78, 5) is 21.7. The van der Waals surface area contributed by atoms with Crippen molar-refractivity contribution >= 4 is 12.2 Å². The van der Waals surface area contributed by atoms with E-state index in [1.165, 1.54) is 6.07 Å². The molecular weight excluding hydrogens is 190 g/mol. The van der Waals surface area contributed by atoms with Gasteiger partial charge in [0.25, 0.3) is 0 Å². The number of hydrogen-bond acceptors (Lipinski definition) is 2. The van der Waals surface area contributed by atoms with E-state index in [1.807, 2.05) is 0 Å². The third-order valence-corrected chi connectivity index (χ3v) is 2.08. The molecule has 0 radical (unpaired) electrons. The minimum atomic E-state index is -0.497. The van der Waals surface area contributed by atoms with Gasteiger partial charge in [-0.25, -0.2) is 0 Å². The molecule has 15 heavy (non-hydrogen) atoms. The van der Waals surface area contributed by atoms with Crippen molar-refractivity contribution in [1.82, 2.24) is 0 Å². The molecule has 0 aliphatic carbocycles. The van der Waals surface area contributed by atoms with Crippen LogP contribution >= 0.6 is 0 Å². The largest absolute Gasteiger partial charge is 0.366 e. The lowest BCUT2D eigenvalue weighted by Crippen LogP contribution is -2.12. The van der Waals surface area contributed by atoms with E-state index in [4.69, 9.17) is 5.73 Å². The number of benzene rings is 1. The lowest BCUT2D eigenvalue weighted by molar-refractivity contribution is 0.1000. The van der Waals surface area contributed by atoms with Crippen LogP contribution in [0.2, 0.25) is 0 Å². The number of nitrogens with two attached hydrogens (primary N) is 1. The molecule has 0 saturated carbocycles. The van der Waals surface area contributed by atoms with Crippen LogP contribution in [0.3, 0.4) is 0 Å². The maximum absolute atomic E-state index is 11.0. The summed E-state index contributed by atoms with van der Waals surface area (Å²) in [5.41, 5.74) is 7.06. The highest BCUT2D eigenvalue weighted by molar-refractivity contribution is 5.94. The molecule has 3 nitrogen and oxygen atoms in total. The van der Waals surface area contributed by atoms with E-state index in [-0.39, 0.29) is 0 Å². The SMILES string of the molecule is CC(C)Cc1cc(C=O)cc(C(N)=O)c1. The lowest BCUT2D eigenvalue weighted by atomic mass is 9.98. The Morgan fingerprint density at radius 2 is 2.07 bits per heavy atom. The fourth-order valence-corrected chi connectivity index (χ4v) is 1.52. The van der Waals surface area contributed by atoms with Crippen LogP contribution in [-0.2, 0) is 6.42 Å². The Labute approximate surface area is 89.3 Å². The summed E-state index contributed by atoms with van der Waals surface area (Å²) < 4.78 is 0. The van der Waals surface area contributed by atoms with Crippen molar-refractivity contribution in [3.05, 3.63) is 34.9 Å². The topological polar surface area (TPSA) is 60.2 Å². The van der Waals surface area contributed by atoms with Crippen LogP contribution in [0, 0.1) is 5.92 Å². The molecular formula is C12H15NO2. The quantitative estimate of drug-likeness (QED) is 0.762. The van der Waals surface area contributed by atoms with E-state index in [0.29, 0.717) is 17.0 Å². The fourth-order valence-electron chi connectivity index (χ4n) is 1.52. The van der Waals surface area contributed by atoms with Crippen LogP contribution in [0.4, 0.5) is 0 Å². The van der Waals surface area contributed by atoms with Gasteiger partial charge in [-0.1, -0.05) is 13.8 Å². The first-order chi connectivity index (χ1) is 7.02. The molecule has 1 aromatic rings. The summed E-state index contributed by atoms with van der Waals surface area (Å²) in [6.45, 7) is 4.16. The van der Waals surface area contributed by atoms with Gasteiger partial charge in [-0.05, 0) is 36.1 Å². The van der Waals surface area contributed by atoms with Gasteiger partial charge in [-0.3, -0.25) is 9.59 Å². The maximum atomic E-state index is 11.0. The predicted molar refractivity (Wildman–Crippen MR) is 58.9 cm³/mol. The van der Waals surface area contributed by atoms with E-state index < -0.39 is 5.91 Å². The Hall–Kier alpha value is -1.64. The minimum Gasteiger partial charge on any atom is -0.366 e. The highest BCUT2D eigenvalue weighted by atomic mass is 16.1. The minimum absolute atomic E-state index is 0.398. The molecule has 1 aromatic carbocycles. The molecule has 0 aliphatic rings. The van der Waals surface area contributed by atoms with Gasteiger partial charge in [0, 0.05) is 11.1 Å². The first kappa shape index (κ1) is 11.4. The van der Waals surface area contributed by atoms with Crippen LogP contribution in [-0.4, -0.2) is 12.2 Å². The van der Waals surface area contributed by atoms with Crippen molar-refractivity contribution in [2.75, 3.05) is 0 Å². The highest BCUT2D eigenvalue weighted by Gasteiger charge is 2.06. The summed E-state index contributed by atoms with van der Waals surface area (Å²) in [5, 5.41) is 0. The van der Waals surface area contributed by atoms with Gasteiger partial charge in [0.1, 0.15) is 6.29 Å². The molecule has 80 valence electrons. The Kier molecular flexibility index (Phi) is 3.61. The van der Waals surface area contributed by atoms with Crippen LogP contribution in [0.15, 0.2) is 18.2 Å². The van der Waals surface area contributed by atoms with Crippen molar-refractivity contribution in [1.29, 1.82) is 0 Å². The summed E-state index contributed by atoms with van der Waals surface area (Å²) >= 11 is 0. The van der Waals surface area contributed by atoms with Gasteiger partial charge < -0.3 is 5.73 Å². The van der Waals surface area contributed by atoms with Crippen molar-refractivity contribution in [2.45, 2.75) is 20.3 Å². The number of rotatable bonds is 4. The molecule has 0 aromatic heterocycles. The molecule has 0 aliphatic heterocycles. The van der Waals surface area contributed by atoms with Crippen molar-refractivity contribution in [2.24, 2.45) is 11.7 Å². The molecule has 2 N–H and O–H groups in total. The summed E-state index contributed by atoms with van der Waals surface area (Å²) in [6.07, 6.45) is 1.57. The van der Waals surface area contributed by atoms with Gasteiger partial charge in [0.15, 0.2) is 0 Å². The maximum Gasteiger partial charge on any atom is 0.248 e. The molecule has 0 unspecified atom stereocenters. The summed E-state index contributed by atoms with van der Waals surface area (Å²) in [7, 11) is 0. The first-order valence-electron chi connectivity index (χ1n) is 4.92. The number of primary amides is 1. The number of amides is 1. The molecule has 0 spiro atoms. The summed E-state index contributed by atoms with van der Waals surface area (Å²) in [5.74, 6) is -0.0173. The zero-order valence-corrected chi connectivity index (χ0v) is 8.99. The number of aldehydes is 1. The Morgan fingerprint density at radius 3 is 2.53 bits per heavy atom. The van der Waals surface area contributed by atoms with Crippen molar-refractivity contribution < 1.29 is 9.59 Å². The zero-order valence-electron chi connectivity index (χ0n) is 8.99. The van der Waals surface area contributed by atoms with Crippen LogP contribution < -0.4 is 5.73 Å². The number of carbonyl (C=O) groups is 2. The molecule has 1 rings (SSSR count). The number of carbonyl (C=O) groups excluding carboxylic acids is 2. The molecule has 0 fully saturated rings. The number of hydrogen-bond donors (Lipinski definition) is 1. The van der Waals surface area contributed by atoms with E-state index >= 15 is 0 Å². The van der Waals surface area contributed by atoms with Crippen LogP contribution in [0.25, 0.3) is 0 Å². The molecule has 0 atom stereocenters. The Balaban J connectivity index is 3.11. The second kappa shape index (κ2) is 4.73.